The maximum atomic E-state index is 10.4. The van der Waals surface area contributed by atoms with Crippen LogP contribution in [0.2, 0.25) is 0 Å². The fourth-order valence-electron chi connectivity index (χ4n) is 1.37. The number of nitrogens with one attached hydrogen (secondary N) is 1. The van der Waals surface area contributed by atoms with Gasteiger partial charge in [0.2, 0.25) is 0 Å². The van der Waals surface area contributed by atoms with Crippen LogP contribution in [0.5, 0.6) is 0 Å². The van der Waals surface area contributed by atoms with Crippen LogP contribution >= 0.6 is 11.3 Å². The second-order valence-electron chi connectivity index (χ2n) is 3.53. The van der Waals surface area contributed by atoms with E-state index in [1.54, 1.807) is 17.4 Å². The van der Waals surface area contributed by atoms with Crippen molar-refractivity contribution in [3.63, 3.8) is 0 Å². The summed E-state index contributed by atoms with van der Waals surface area (Å²) in [7, 11) is 0. The van der Waals surface area contributed by atoms with Crippen LogP contribution in [0, 0.1) is 17.0 Å². The molecule has 2 aromatic heterocycles. The molecule has 0 amide bonds. The Balaban J connectivity index is 1.97. The molecule has 0 radical (unpaired) electrons. The summed E-state index contributed by atoms with van der Waals surface area (Å²) in [6.45, 7) is 2.76. The van der Waals surface area contributed by atoms with E-state index in [2.05, 4.69) is 29.4 Å². The number of hydrogen-bond donors (Lipinski definition) is 1. The van der Waals surface area contributed by atoms with E-state index in [-0.39, 0.29) is 5.82 Å². The van der Waals surface area contributed by atoms with Gasteiger partial charge in [-0.25, -0.2) is 0 Å². The van der Waals surface area contributed by atoms with Crippen molar-refractivity contribution in [1.82, 2.24) is 4.98 Å². The summed E-state index contributed by atoms with van der Waals surface area (Å²) in [6, 6.07) is 7.18. The lowest BCUT2D eigenvalue weighted by Gasteiger charge is -2.01. The van der Waals surface area contributed by atoms with Crippen molar-refractivity contribution in [2.75, 3.05) is 5.32 Å². The predicted molar refractivity (Wildman–Crippen MR) is 67.3 cm³/mol. The van der Waals surface area contributed by atoms with Gasteiger partial charge in [-0.05, 0) is 35.0 Å². The number of aryl methyl sites for hydroxylation is 1. The van der Waals surface area contributed by atoms with E-state index in [1.807, 2.05) is 0 Å². The van der Waals surface area contributed by atoms with Crippen LogP contribution in [0.15, 0.2) is 30.5 Å². The summed E-state index contributed by atoms with van der Waals surface area (Å²) < 4.78 is 0. The molecule has 88 valence electrons. The maximum Gasteiger partial charge on any atom is 0.363 e. The van der Waals surface area contributed by atoms with E-state index in [0.29, 0.717) is 6.54 Å². The first-order valence-electron chi connectivity index (χ1n) is 5.05. The van der Waals surface area contributed by atoms with Gasteiger partial charge in [0, 0.05) is 22.4 Å². The molecule has 0 fully saturated rings. The number of pyridine rings is 1. The van der Waals surface area contributed by atoms with Crippen LogP contribution in [-0.4, -0.2) is 9.91 Å². The van der Waals surface area contributed by atoms with Crippen molar-refractivity contribution in [1.29, 1.82) is 0 Å². The molecule has 0 aliphatic carbocycles. The van der Waals surface area contributed by atoms with Crippen LogP contribution in [0.1, 0.15) is 9.75 Å². The molecule has 1 N–H and O–H groups in total. The Morgan fingerprint density at radius 3 is 2.76 bits per heavy atom. The fraction of sp³-hybridized carbons (Fsp3) is 0.182. The molecule has 0 saturated carbocycles. The van der Waals surface area contributed by atoms with Crippen molar-refractivity contribution in [3.8, 4) is 0 Å². The lowest BCUT2D eigenvalue weighted by molar-refractivity contribution is -0.389. The summed E-state index contributed by atoms with van der Waals surface area (Å²) in [5.41, 5.74) is 0.779. The molecule has 0 aliphatic rings. The first-order valence-corrected chi connectivity index (χ1v) is 5.86. The number of anilines is 1. The van der Waals surface area contributed by atoms with Gasteiger partial charge in [0.25, 0.3) is 0 Å². The molecule has 0 atom stereocenters. The summed E-state index contributed by atoms with van der Waals surface area (Å²) in [5, 5.41) is 13.6. The molecule has 0 saturated heterocycles. The first-order chi connectivity index (χ1) is 8.15. The Hall–Kier alpha value is -1.95. The lowest BCUT2D eigenvalue weighted by atomic mass is 10.4. The van der Waals surface area contributed by atoms with Crippen molar-refractivity contribution >= 4 is 22.8 Å². The summed E-state index contributed by atoms with van der Waals surface area (Å²) in [4.78, 5) is 16.1. The molecular weight excluding hydrogens is 238 g/mol. The van der Waals surface area contributed by atoms with Crippen LogP contribution in [0.4, 0.5) is 11.5 Å². The number of thiophene rings is 1. The highest BCUT2D eigenvalue weighted by Gasteiger charge is 2.06. The van der Waals surface area contributed by atoms with Gasteiger partial charge < -0.3 is 15.4 Å². The molecule has 6 heteroatoms. The first kappa shape index (κ1) is 11.5. The SMILES string of the molecule is Cc1ccc(CNc2ccc([N+](=O)[O-])nc2)s1. The lowest BCUT2D eigenvalue weighted by Crippen LogP contribution is -1.98. The van der Waals surface area contributed by atoms with Gasteiger partial charge >= 0.3 is 5.82 Å². The standard InChI is InChI=1S/C11H11N3O2S/c1-8-2-4-10(17-8)7-12-9-3-5-11(13-6-9)14(15)16/h2-6,12H,7H2,1H3. The normalized spacial score (nSPS) is 10.2. The molecule has 0 unspecified atom stereocenters. The zero-order chi connectivity index (χ0) is 12.3. The third-order valence-electron chi connectivity index (χ3n) is 2.20. The van der Waals surface area contributed by atoms with Crippen LogP contribution in [-0.2, 0) is 6.54 Å². The number of aromatic nitrogens is 1. The fourth-order valence-corrected chi connectivity index (χ4v) is 2.20. The van der Waals surface area contributed by atoms with Gasteiger partial charge in [-0.3, -0.25) is 0 Å². The Bertz CT molecular complexity index is 522. The topological polar surface area (TPSA) is 68.1 Å². The number of hydrogen-bond acceptors (Lipinski definition) is 5. The molecule has 2 aromatic rings. The van der Waals surface area contributed by atoms with Crippen molar-refractivity contribution < 1.29 is 4.92 Å². The highest BCUT2D eigenvalue weighted by atomic mass is 32.1. The number of nitrogens with zero attached hydrogens (tertiary/aromatic N) is 2. The third kappa shape index (κ3) is 3.01. The highest BCUT2D eigenvalue weighted by molar-refractivity contribution is 7.11. The van der Waals surface area contributed by atoms with E-state index in [1.165, 1.54) is 22.0 Å². The van der Waals surface area contributed by atoms with E-state index in [9.17, 15) is 10.1 Å². The molecule has 0 bridgehead atoms. The Labute approximate surface area is 102 Å². The zero-order valence-electron chi connectivity index (χ0n) is 9.21. The van der Waals surface area contributed by atoms with Crippen molar-refractivity contribution in [2.45, 2.75) is 13.5 Å². The number of rotatable bonds is 4. The zero-order valence-corrected chi connectivity index (χ0v) is 10.0. The highest BCUT2D eigenvalue weighted by Crippen LogP contribution is 2.17. The minimum atomic E-state index is -0.508. The quantitative estimate of drug-likeness (QED) is 0.668. The average Bonchev–Trinajstić information content (AvgIpc) is 2.73. The minimum Gasteiger partial charge on any atom is -0.377 e. The molecule has 0 aliphatic heterocycles. The average molecular weight is 249 g/mol. The monoisotopic (exact) mass is 249 g/mol. The van der Waals surface area contributed by atoms with Crippen LogP contribution in [0.25, 0.3) is 0 Å². The Morgan fingerprint density at radius 1 is 1.41 bits per heavy atom. The molecule has 0 spiro atoms. The van der Waals surface area contributed by atoms with Gasteiger partial charge in [0.15, 0.2) is 6.20 Å². The summed E-state index contributed by atoms with van der Waals surface area (Å²) in [6.07, 6.45) is 1.47. The molecule has 17 heavy (non-hydrogen) atoms. The number of nitro groups is 1. The van der Waals surface area contributed by atoms with Gasteiger partial charge in [-0.2, -0.15) is 0 Å². The Kier molecular flexibility index (Phi) is 3.34. The molecule has 5 nitrogen and oxygen atoms in total. The van der Waals surface area contributed by atoms with Crippen LogP contribution in [0.3, 0.4) is 0 Å². The largest absolute Gasteiger partial charge is 0.377 e. The van der Waals surface area contributed by atoms with E-state index in [4.69, 9.17) is 0 Å². The van der Waals surface area contributed by atoms with E-state index < -0.39 is 4.92 Å². The van der Waals surface area contributed by atoms with Gasteiger partial charge in [-0.15, -0.1) is 11.3 Å². The summed E-state index contributed by atoms with van der Waals surface area (Å²) in [5.74, 6) is -0.137. The molecule has 0 aromatic carbocycles. The maximum absolute atomic E-state index is 10.4. The van der Waals surface area contributed by atoms with Crippen molar-refractivity contribution in [3.05, 3.63) is 50.3 Å². The van der Waals surface area contributed by atoms with E-state index in [0.717, 1.165) is 5.69 Å². The van der Waals surface area contributed by atoms with E-state index >= 15 is 0 Å². The third-order valence-corrected chi connectivity index (χ3v) is 3.20. The van der Waals surface area contributed by atoms with Gasteiger partial charge in [0.05, 0.1) is 5.69 Å². The van der Waals surface area contributed by atoms with Crippen molar-refractivity contribution in [2.24, 2.45) is 0 Å². The smallest absolute Gasteiger partial charge is 0.363 e. The second kappa shape index (κ2) is 4.92. The van der Waals surface area contributed by atoms with Gasteiger partial charge in [-0.1, -0.05) is 0 Å². The van der Waals surface area contributed by atoms with Gasteiger partial charge in [0.1, 0.15) is 0 Å². The molecular formula is C11H11N3O2S. The summed E-state index contributed by atoms with van der Waals surface area (Å²) >= 11 is 1.72. The molecule has 2 rings (SSSR count). The molecule has 2 heterocycles. The second-order valence-corrected chi connectivity index (χ2v) is 4.90. The van der Waals surface area contributed by atoms with Crippen LogP contribution < -0.4 is 5.32 Å². The minimum absolute atomic E-state index is 0.137. The predicted octanol–water partition coefficient (Wildman–Crippen LogP) is 2.97. The Morgan fingerprint density at radius 2 is 2.24 bits per heavy atom.